The molecule has 0 spiro atoms. The Bertz CT molecular complexity index is 384. The van der Waals surface area contributed by atoms with Crippen LogP contribution in [0.5, 0.6) is 5.88 Å². The molecule has 0 aliphatic carbocycles. The van der Waals surface area contributed by atoms with Crippen LogP contribution < -0.4 is 10.1 Å². The van der Waals surface area contributed by atoms with Gasteiger partial charge in [-0.1, -0.05) is 17.7 Å². The zero-order valence-corrected chi connectivity index (χ0v) is 9.40. The number of aromatic nitrogens is 2. The van der Waals surface area contributed by atoms with Crippen molar-refractivity contribution in [1.29, 1.82) is 0 Å². The van der Waals surface area contributed by atoms with Crippen LogP contribution in [0.2, 0.25) is 5.15 Å². The van der Waals surface area contributed by atoms with Gasteiger partial charge >= 0.3 is 5.57 Å². The summed E-state index contributed by atoms with van der Waals surface area (Å²) in [6, 6.07) is 1.02. The molecule has 0 bridgehead atoms. The molecule has 1 rings (SSSR count). The third-order valence-corrected chi connectivity index (χ3v) is 1.57. The molecule has 0 fully saturated rings. The van der Waals surface area contributed by atoms with Gasteiger partial charge in [-0.25, -0.2) is 4.98 Å². The van der Waals surface area contributed by atoms with Crippen LogP contribution in [0.15, 0.2) is 18.7 Å². The van der Waals surface area contributed by atoms with Gasteiger partial charge in [0.05, 0.1) is 0 Å². The molecular formula is C8H7Cl2F2N3O. The van der Waals surface area contributed by atoms with Gasteiger partial charge in [-0.05, 0) is 0 Å². The van der Waals surface area contributed by atoms with E-state index in [0.717, 1.165) is 6.07 Å². The van der Waals surface area contributed by atoms with Crippen molar-refractivity contribution in [1.82, 2.24) is 9.97 Å². The number of rotatable bonds is 5. The van der Waals surface area contributed by atoms with Gasteiger partial charge in [0.15, 0.2) is 0 Å². The van der Waals surface area contributed by atoms with Crippen molar-refractivity contribution in [3.8, 4) is 5.88 Å². The quantitative estimate of drug-likeness (QED) is 0.507. The van der Waals surface area contributed by atoms with Crippen LogP contribution >= 0.6 is 23.2 Å². The van der Waals surface area contributed by atoms with Crippen LogP contribution in [0, 0.1) is 0 Å². The lowest BCUT2D eigenvalue weighted by Crippen LogP contribution is -2.17. The first-order valence-electron chi connectivity index (χ1n) is 4.06. The molecule has 0 atom stereocenters. The summed E-state index contributed by atoms with van der Waals surface area (Å²) in [5, 5.41) is 2.62. The molecule has 8 heteroatoms. The summed E-state index contributed by atoms with van der Waals surface area (Å²) in [4.78, 5) is 7.34. The fourth-order valence-electron chi connectivity index (χ4n) is 0.810. The van der Waals surface area contributed by atoms with E-state index >= 15 is 0 Å². The first kappa shape index (κ1) is 12.9. The molecule has 1 aromatic rings. The Morgan fingerprint density at radius 3 is 2.81 bits per heavy atom. The number of nitrogens with one attached hydrogen (secondary N) is 1. The van der Waals surface area contributed by atoms with Crippen molar-refractivity contribution in [2.75, 3.05) is 11.9 Å². The lowest BCUT2D eigenvalue weighted by Gasteiger charge is -2.10. The second-order valence-corrected chi connectivity index (χ2v) is 3.40. The van der Waals surface area contributed by atoms with E-state index in [9.17, 15) is 8.78 Å². The highest BCUT2D eigenvalue weighted by Gasteiger charge is 2.28. The Kier molecular flexibility index (Phi) is 4.26. The van der Waals surface area contributed by atoms with Crippen LogP contribution in [0.3, 0.4) is 0 Å². The Labute approximate surface area is 100 Å². The molecule has 0 aromatic carbocycles. The Hall–Kier alpha value is -1.14. The molecule has 1 heterocycles. The molecule has 16 heavy (non-hydrogen) atoms. The summed E-state index contributed by atoms with van der Waals surface area (Å²) < 4.78 is 28.7. The number of ether oxygens (including phenoxy) is 1. The van der Waals surface area contributed by atoms with Crippen molar-refractivity contribution in [3.63, 3.8) is 0 Å². The summed E-state index contributed by atoms with van der Waals surface area (Å²) in [5.41, 5.74) is -3.84. The van der Waals surface area contributed by atoms with Gasteiger partial charge in [0.1, 0.15) is 5.15 Å². The molecule has 0 radical (unpaired) electrons. The molecular weight excluding hydrogens is 263 g/mol. The molecule has 0 aliphatic rings. The van der Waals surface area contributed by atoms with Crippen LogP contribution in [0.1, 0.15) is 0 Å². The Morgan fingerprint density at radius 1 is 1.56 bits per heavy atom. The average Bonchev–Trinajstić information content (AvgIpc) is 2.10. The number of hydrogen-bond donors (Lipinski definition) is 1. The van der Waals surface area contributed by atoms with E-state index in [4.69, 9.17) is 11.6 Å². The number of nitrogens with zero attached hydrogens (tertiary/aromatic N) is 2. The van der Waals surface area contributed by atoms with Crippen molar-refractivity contribution >= 4 is 29.2 Å². The lowest BCUT2D eigenvalue weighted by molar-refractivity contribution is -0.0991. The monoisotopic (exact) mass is 269 g/mol. The van der Waals surface area contributed by atoms with Crippen LogP contribution in [0.4, 0.5) is 14.7 Å². The second kappa shape index (κ2) is 5.27. The number of alkyl halides is 3. The van der Waals surface area contributed by atoms with Gasteiger partial charge in [-0.2, -0.15) is 4.98 Å². The highest BCUT2D eigenvalue weighted by Crippen LogP contribution is 2.25. The highest BCUT2D eigenvalue weighted by atomic mass is 35.5. The maximum absolute atomic E-state index is 12.3. The minimum Gasteiger partial charge on any atom is -0.402 e. The van der Waals surface area contributed by atoms with Crippen LogP contribution in [-0.4, -0.2) is 22.1 Å². The van der Waals surface area contributed by atoms with Gasteiger partial charge in [0.25, 0.3) is 0 Å². The van der Waals surface area contributed by atoms with Gasteiger partial charge < -0.3 is 10.1 Å². The van der Waals surface area contributed by atoms with Crippen LogP contribution in [-0.2, 0) is 0 Å². The molecule has 0 unspecified atom stereocenters. The third-order valence-electron chi connectivity index (χ3n) is 1.30. The largest absolute Gasteiger partial charge is 0.488 e. The van der Waals surface area contributed by atoms with Crippen molar-refractivity contribution in [2.45, 2.75) is 5.57 Å². The van der Waals surface area contributed by atoms with Gasteiger partial charge in [0, 0.05) is 24.2 Å². The highest BCUT2D eigenvalue weighted by molar-refractivity contribution is 6.29. The van der Waals surface area contributed by atoms with Crippen molar-refractivity contribution in [2.24, 2.45) is 0 Å². The first-order chi connectivity index (χ1) is 7.40. The lowest BCUT2D eigenvalue weighted by atomic mass is 10.6. The molecule has 4 nitrogen and oxygen atoms in total. The van der Waals surface area contributed by atoms with E-state index in [0.29, 0.717) is 6.54 Å². The summed E-state index contributed by atoms with van der Waals surface area (Å²) in [6.45, 7) is 3.81. The van der Waals surface area contributed by atoms with E-state index in [-0.39, 0.29) is 11.1 Å². The average molecular weight is 270 g/mol. The normalized spacial score (nSPS) is 11.0. The molecule has 88 valence electrons. The predicted octanol–water partition coefficient (Wildman–Crippen LogP) is 2.90. The van der Waals surface area contributed by atoms with E-state index < -0.39 is 11.4 Å². The summed E-state index contributed by atoms with van der Waals surface area (Å²) in [7, 11) is 0. The first-order valence-corrected chi connectivity index (χ1v) is 4.81. The summed E-state index contributed by atoms with van der Waals surface area (Å²) in [5.74, 6) is -0.380. The molecule has 0 saturated heterocycles. The molecule has 1 N–H and O–H groups in total. The molecule has 1 aromatic heterocycles. The number of hydrogen-bond acceptors (Lipinski definition) is 4. The zero-order valence-electron chi connectivity index (χ0n) is 7.88. The fraction of sp³-hybridized carbons (Fsp3) is 0.250. The predicted molar refractivity (Wildman–Crippen MR) is 57.2 cm³/mol. The fourth-order valence-corrected chi connectivity index (χ4v) is 1.06. The number of anilines is 1. The minimum absolute atomic E-state index is 0.0440. The van der Waals surface area contributed by atoms with Crippen LogP contribution in [0.25, 0.3) is 0 Å². The standard InChI is InChI=1S/C8H7Cl2F2N3O/c1-2-3-13-7-14-5(9)4-6(15-7)16-8(10,11)12/h2,4H,1,3H2,(H,13,14,15). The van der Waals surface area contributed by atoms with Gasteiger partial charge in [-0.3, -0.25) is 0 Å². The summed E-state index contributed by atoms with van der Waals surface area (Å²) >= 11 is 10.2. The topological polar surface area (TPSA) is 47.0 Å². The maximum Gasteiger partial charge on any atom is 0.488 e. The van der Waals surface area contributed by atoms with E-state index in [1.54, 1.807) is 6.08 Å². The number of halogens is 4. The van der Waals surface area contributed by atoms with E-state index in [2.05, 4.69) is 38.2 Å². The van der Waals surface area contributed by atoms with Gasteiger partial charge in [-0.15, -0.1) is 15.4 Å². The summed E-state index contributed by atoms with van der Waals surface area (Å²) in [6.07, 6.45) is 1.54. The SMILES string of the molecule is C=CCNc1nc(Cl)cc(OC(F)(F)Cl)n1. The minimum atomic E-state index is -3.84. The van der Waals surface area contributed by atoms with E-state index in [1.807, 2.05) is 0 Å². The van der Waals surface area contributed by atoms with Crippen molar-refractivity contribution < 1.29 is 13.5 Å². The molecule has 0 aliphatic heterocycles. The van der Waals surface area contributed by atoms with E-state index in [1.165, 1.54) is 0 Å². The second-order valence-electron chi connectivity index (χ2n) is 2.57. The van der Waals surface area contributed by atoms with Crippen molar-refractivity contribution in [3.05, 3.63) is 23.9 Å². The third kappa shape index (κ3) is 4.59. The zero-order chi connectivity index (χ0) is 12.2. The molecule has 0 saturated carbocycles. The van der Waals surface area contributed by atoms with Gasteiger partial charge in [0.2, 0.25) is 11.8 Å². The smallest absolute Gasteiger partial charge is 0.402 e. The Morgan fingerprint density at radius 2 is 2.25 bits per heavy atom. The molecule has 0 amide bonds. The maximum atomic E-state index is 12.3. The Balaban J connectivity index is 2.85.